The number of imide groups is 1. The fourth-order valence-corrected chi connectivity index (χ4v) is 4.50. The molecule has 2 unspecified atom stereocenters. The minimum atomic E-state index is -7.56. The van der Waals surface area contributed by atoms with E-state index in [0.29, 0.717) is 11.0 Å². The smallest absolute Gasteiger partial charge is 0.460 e. The zero-order chi connectivity index (χ0) is 29.2. The zero-order valence-electron chi connectivity index (χ0n) is 18.3. The van der Waals surface area contributed by atoms with Gasteiger partial charge in [0.1, 0.15) is 17.5 Å². The van der Waals surface area contributed by atoms with Crippen molar-refractivity contribution < 1.29 is 76.3 Å². The minimum Gasteiger partial charge on any atom is -0.496 e. The van der Waals surface area contributed by atoms with Crippen LogP contribution in [0.5, 0.6) is 11.5 Å². The van der Waals surface area contributed by atoms with Gasteiger partial charge >= 0.3 is 33.4 Å². The topological polar surface area (TPSA) is 139 Å². The summed E-state index contributed by atoms with van der Waals surface area (Å²) in [5.41, 5.74) is -1.31. The number of hydrogen-bond donors (Lipinski definition) is 2. The van der Waals surface area contributed by atoms with Gasteiger partial charge in [0.2, 0.25) is 11.8 Å². The number of carbonyl (C=O) groups is 3. The summed E-state index contributed by atoms with van der Waals surface area (Å²) in [6, 6.07) is -0.909. The fourth-order valence-electron chi connectivity index (χ4n) is 3.61. The largest absolute Gasteiger partial charge is 0.496 e. The van der Waals surface area contributed by atoms with E-state index in [9.17, 15) is 67.4 Å². The Bertz CT molecular complexity index is 1300. The maximum Gasteiger partial charge on any atom is 0.460 e. The second kappa shape index (κ2) is 8.89. The number of piperidine rings is 1. The molecule has 1 aromatic rings. The number of carbonyl (C=O) groups excluding carboxylic acids is 3. The van der Waals surface area contributed by atoms with Gasteiger partial charge in [0.25, 0.3) is 5.91 Å². The molecular weight excluding hydrogens is 575 g/mol. The van der Waals surface area contributed by atoms with Crippen molar-refractivity contribution in [3.63, 3.8) is 0 Å². The molecule has 2 heterocycles. The standard InChI is InChI=1S/C18H13F9N2O8S/c1-36-9-5-6(37-38(34,35)18(26,27)16(21,22)15(19,20)17(23,24)25)4-7-11(9)14(33)29(13(7)32)8-2-3-10(30)28-12(8)31/h4-5,8,14,33H,2-3H2,1H3,(H,28,30,31). The molecule has 212 valence electrons. The molecule has 2 atom stereocenters. The van der Waals surface area contributed by atoms with Crippen LogP contribution in [-0.2, 0) is 19.7 Å². The lowest BCUT2D eigenvalue weighted by molar-refractivity contribution is -0.382. The van der Waals surface area contributed by atoms with E-state index in [1.165, 1.54) is 0 Å². The van der Waals surface area contributed by atoms with Crippen LogP contribution < -0.4 is 14.2 Å². The molecule has 0 spiro atoms. The van der Waals surface area contributed by atoms with Crippen molar-refractivity contribution in [2.45, 2.75) is 48.4 Å². The summed E-state index contributed by atoms with van der Waals surface area (Å²) in [6.07, 6.45) is -9.89. The van der Waals surface area contributed by atoms with Crippen molar-refractivity contribution in [1.82, 2.24) is 10.2 Å². The number of alkyl halides is 9. The van der Waals surface area contributed by atoms with E-state index in [1.807, 2.05) is 5.32 Å². The Morgan fingerprint density at radius 3 is 2.08 bits per heavy atom. The van der Waals surface area contributed by atoms with Crippen molar-refractivity contribution in [2.75, 3.05) is 7.11 Å². The summed E-state index contributed by atoms with van der Waals surface area (Å²) in [4.78, 5) is 36.8. The molecule has 1 aromatic carbocycles. The summed E-state index contributed by atoms with van der Waals surface area (Å²) in [5.74, 6) is -20.4. The van der Waals surface area contributed by atoms with E-state index in [4.69, 9.17) is 4.74 Å². The van der Waals surface area contributed by atoms with Crippen molar-refractivity contribution >= 4 is 27.8 Å². The number of nitrogens with one attached hydrogen (secondary N) is 1. The lowest BCUT2D eigenvalue weighted by atomic mass is 10.0. The molecule has 0 saturated carbocycles. The fraction of sp³-hybridized carbons (Fsp3) is 0.500. The summed E-state index contributed by atoms with van der Waals surface area (Å²) in [5, 5.41) is 5.29. The van der Waals surface area contributed by atoms with Crippen LogP contribution in [0.25, 0.3) is 0 Å². The first-order chi connectivity index (χ1) is 17.1. The summed E-state index contributed by atoms with van der Waals surface area (Å²) >= 11 is 0. The molecule has 1 saturated heterocycles. The number of aliphatic hydroxyl groups is 1. The lowest BCUT2D eigenvalue weighted by Crippen LogP contribution is -2.63. The summed E-state index contributed by atoms with van der Waals surface area (Å²) < 4.78 is 151. The Morgan fingerprint density at radius 1 is 1.00 bits per heavy atom. The first-order valence-corrected chi connectivity index (χ1v) is 11.2. The van der Waals surface area contributed by atoms with Gasteiger partial charge in [-0.2, -0.15) is 47.9 Å². The summed E-state index contributed by atoms with van der Waals surface area (Å²) in [7, 11) is -6.52. The van der Waals surface area contributed by atoms with Crippen LogP contribution in [0.15, 0.2) is 12.1 Å². The van der Waals surface area contributed by atoms with E-state index in [2.05, 4.69) is 4.18 Å². The molecule has 0 aromatic heterocycles. The van der Waals surface area contributed by atoms with Gasteiger partial charge in [0, 0.05) is 12.5 Å². The third kappa shape index (κ3) is 4.18. The quantitative estimate of drug-likeness (QED) is 0.281. The molecule has 0 aliphatic carbocycles. The van der Waals surface area contributed by atoms with Gasteiger partial charge in [-0.05, 0) is 12.5 Å². The number of halogens is 9. The molecule has 3 rings (SSSR count). The van der Waals surface area contributed by atoms with Gasteiger partial charge in [-0.3, -0.25) is 24.6 Å². The number of hydrogen-bond acceptors (Lipinski definition) is 8. The minimum absolute atomic E-state index is 0.253. The SMILES string of the molecule is COc1cc(OS(=O)(=O)C(F)(F)C(F)(F)C(F)(F)C(F)(F)F)cc2c1C(O)N(C1CCC(=O)NC1=O)C2=O. The highest BCUT2D eigenvalue weighted by Gasteiger charge is 2.86. The molecule has 0 radical (unpaired) electrons. The molecule has 0 bridgehead atoms. The van der Waals surface area contributed by atoms with Gasteiger partial charge in [0.15, 0.2) is 6.23 Å². The number of rotatable bonds is 7. The predicted octanol–water partition coefficient (Wildman–Crippen LogP) is 2.08. The van der Waals surface area contributed by atoms with Crippen molar-refractivity contribution in [3.8, 4) is 11.5 Å². The van der Waals surface area contributed by atoms with Crippen molar-refractivity contribution in [3.05, 3.63) is 23.3 Å². The van der Waals surface area contributed by atoms with Gasteiger partial charge < -0.3 is 14.0 Å². The molecule has 10 nitrogen and oxygen atoms in total. The molecule has 2 N–H and O–H groups in total. The van der Waals surface area contributed by atoms with Crippen LogP contribution in [0, 0.1) is 0 Å². The van der Waals surface area contributed by atoms with Crippen LogP contribution in [0.2, 0.25) is 0 Å². The van der Waals surface area contributed by atoms with Crippen LogP contribution in [0.1, 0.15) is 35.0 Å². The Hall–Kier alpha value is -3.29. The predicted molar refractivity (Wildman–Crippen MR) is 101 cm³/mol. The van der Waals surface area contributed by atoms with E-state index < -0.39 is 86.0 Å². The first-order valence-electron chi connectivity index (χ1n) is 9.83. The molecule has 20 heteroatoms. The highest BCUT2D eigenvalue weighted by molar-refractivity contribution is 7.88. The number of fused-ring (bicyclic) bond motifs is 1. The molecule has 1 fully saturated rings. The normalized spacial score (nSPS) is 21.3. The third-order valence-electron chi connectivity index (χ3n) is 5.50. The van der Waals surface area contributed by atoms with Gasteiger partial charge in [-0.15, -0.1) is 0 Å². The summed E-state index contributed by atoms with van der Waals surface area (Å²) in [6.45, 7) is 0. The molecule has 2 aliphatic rings. The van der Waals surface area contributed by atoms with E-state index in [1.54, 1.807) is 0 Å². The highest BCUT2D eigenvalue weighted by Crippen LogP contribution is 2.55. The number of benzene rings is 1. The van der Waals surface area contributed by atoms with Crippen LogP contribution in [0.3, 0.4) is 0 Å². The van der Waals surface area contributed by atoms with E-state index >= 15 is 0 Å². The maximum atomic E-state index is 14.0. The second-order valence-electron chi connectivity index (χ2n) is 7.84. The monoisotopic (exact) mass is 588 g/mol. The maximum absolute atomic E-state index is 14.0. The van der Waals surface area contributed by atoms with Crippen LogP contribution in [-0.4, -0.2) is 72.6 Å². The van der Waals surface area contributed by atoms with E-state index in [0.717, 1.165) is 7.11 Å². The number of nitrogens with zero attached hydrogens (tertiary/aromatic N) is 1. The van der Waals surface area contributed by atoms with Gasteiger partial charge in [-0.25, -0.2) is 0 Å². The molecule has 2 aliphatic heterocycles. The lowest BCUT2D eigenvalue weighted by Gasteiger charge is -2.32. The molecule has 38 heavy (non-hydrogen) atoms. The average Bonchev–Trinajstić information content (AvgIpc) is 3.02. The third-order valence-corrected chi connectivity index (χ3v) is 6.80. The number of aliphatic hydroxyl groups excluding tert-OH is 1. The average molecular weight is 588 g/mol. The van der Waals surface area contributed by atoms with Crippen LogP contribution in [0.4, 0.5) is 39.5 Å². The Labute approximate surface area is 205 Å². The zero-order valence-corrected chi connectivity index (χ0v) is 19.1. The van der Waals surface area contributed by atoms with Crippen molar-refractivity contribution in [1.29, 1.82) is 0 Å². The number of amides is 3. The molecular formula is C18H13F9N2O8S. The Morgan fingerprint density at radius 2 is 1.58 bits per heavy atom. The second-order valence-corrected chi connectivity index (χ2v) is 9.43. The number of methoxy groups -OCH3 is 1. The van der Waals surface area contributed by atoms with Gasteiger partial charge in [0.05, 0.1) is 18.2 Å². The highest BCUT2D eigenvalue weighted by atomic mass is 32.2. The first kappa shape index (κ1) is 29.3. The molecule has 3 amide bonds. The number of ether oxygens (including phenoxy) is 1. The van der Waals surface area contributed by atoms with Crippen LogP contribution >= 0.6 is 0 Å². The van der Waals surface area contributed by atoms with Gasteiger partial charge in [-0.1, -0.05) is 0 Å². The van der Waals surface area contributed by atoms with E-state index in [-0.39, 0.29) is 18.9 Å². The Balaban J connectivity index is 2.02. The Kier molecular flexibility index (Phi) is 6.84. The van der Waals surface area contributed by atoms with Crippen molar-refractivity contribution in [2.24, 2.45) is 0 Å².